The molecule has 0 saturated carbocycles. The number of hydrogen-bond donors (Lipinski definition) is 2. The van der Waals surface area contributed by atoms with Crippen molar-refractivity contribution in [2.24, 2.45) is 5.41 Å². The van der Waals surface area contributed by atoms with Crippen LogP contribution in [-0.4, -0.2) is 36.2 Å². The average molecular weight is 271 g/mol. The lowest BCUT2D eigenvalue weighted by atomic mass is 9.90. The highest BCUT2D eigenvalue weighted by Crippen LogP contribution is 2.21. The molecule has 1 unspecified atom stereocenters. The maximum absolute atomic E-state index is 11.6. The molecule has 0 aromatic heterocycles. The first-order chi connectivity index (χ1) is 8.76. The fourth-order valence-corrected chi connectivity index (χ4v) is 1.49. The first-order valence-electron chi connectivity index (χ1n) is 6.47. The number of hydrogen-bond acceptors (Lipinski definition) is 3. The summed E-state index contributed by atoms with van der Waals surface area (Å²) in [6, 6.07) is -0.998. The van der Waals surface area contributed by atoms with Gasteiger partial charge < -0.3 is 15.2 Å². The molecule has 0 saturated heterocycles. The zero-order valence-electron chi connectivity index (χ0n) is 12.1. The van der Waals surface area contributed by atoms with Crippen LogP contribution in [0.2, 0.25) is 0 Å². The summed E-state index contributed by atoms with van der Waals surface area (Å²) in [5.41, 5.74) is 0.180. The van der Waals surface area contributed by atoms with E-state index in [1.54, 1.807) is 0 Å². The second kappa shape index (κ2) is 8.69. The molecule has 0 heterocycles. The van der Waals surface area contributed by atoms with Crippen LogP contribution in [0.25, 0.3) is 0 Å². The summed E-state index contributed by atoms with van der Waals surface area (Å²) >= 11 is 0. The van der Waals surface area contributed by atoms with E-state index in [4.69, 9.17) is 9.84 Å². The average Bonchev–Trinajstić information content (AvgIpc) is 2.26. The number of aliphatic carboxylic acids is 1. The molecule has 0 aromatic carbocycles. The third-order valence-corrected chi connectivity index (χ3v) is 2.48. The maximum atomic E-state index is 11.6. The molecular formula is C14H25NO4. The van der Waals surface area contributed by atoms with Crippen molar-refractivity contribution in [3.8, 4) is 0 Å². The largest absolute Gasteiger partial charge is 0.480 e. The van der Waals surface area contributed by atoms with Gasteiger partial charge >= 0.3 is 5.97 Å². The van der Waals surface area contributed by atoms with E-state index in [0.717, 1.165) is 12.8 Å². The molecule has 0 rings (SSSR count). The van der Waals surface area contributed by atoms with Crippen molar-refractivity contribution in [2.45, 2.75) is 46.1 Å². The van der Waals surface area contributed by atoms with E-state index in [2.05, 4.69) is 32.7 Å². The standard InChI is InChI=1S/C14H25NO4/c1-5-9-19-10-11(13(17)18)15-12(16)7-6-8-14(2,3)4/h5,11H,1,6-10H2,2-4H3,(H,15,16)(H,17,18). The van der Waals surface area contributed by atoms with Crippen LogP contribution in [0.3, 0.4) is 0 Å². The Hall–Kier alpha value is -1.36. The summed E-state index contributed by atoms with van der Waals surface area (Å²) in [5, 5.41) is 11.4. The molecule has 0 spiro atoms. The number of carboxylic acids is 1. The predicted octanol–water partition coefficient (Wildman–Crippen LogP) is 1.97. The van der Waals surface area contributed by atoms with Gasteiger partial charge in [0.2, 0.25) is 5.91 Å². The van der Waals surface area contributed by atoms with Gasteiger partial charge in [0.25, 0.3) is 0 Å². The minimum Gasteiger partial charge on any atom is -0.480 e. The number of carboxylic acid groups (broad SMARTS) is 1. The van der Waals surface area contributed by atoms with Crippen LogP contribution in [0.4, 0.5) is 0 Å². The Kier molecular flexibility index (Phi) is 8.07. The molecule has 1 amide bonds. The van der Waals surface area contributed by atoms with Crippen LogP contribution in [0, 0.1) is 5.41 Å². The third-order valence-electron chi connectivity index (χ3n) is 2.48. The molecular weight excluding hydrogens is 246 g/mol. The van der Waals surface area contributed by atoms with Crippen molar-refractivity contribution in [1.29, 1.82) is 0 Å². The second-order valence-electron chi connectivity index (χ2n) is 5.70. The molecule has 19 heavy (non-hydrogen) atoms. The topological polar surface area (TPSA) is 75.6 Å². The van der Waals surface area contributed by atoms with Gasteiger partial charge in [-0.3, -0.25) is 4.79 Å². The zero-order valence-corrected chi connectivity index (χ0v) is 12.1. The van der Waals surface area contributed by atoms with Crippen LogP contribution in [0.5, 0.6) is 0 Å². The van der Waals surface area contributed by atoms with E-state index >= 15 is 0 Å². The molecule has 5 nitrogen and oxygen atoms in total. The van der Waals surface area contributed by atoms with Gasteiger partial charge in [-0.05, 0) is 18.3 Å². The van der Waals surface area contributed by atoms with E-state index in [-0.39, 0.29) is 24.5 Å². The van der Waals surface area contributed by atoms with Gasteiger partial charge in [-0.25, -0.2) is 4.79 Å². The summed E-state index contributed by atoms with van der Waals surface area (Å²) in [5.74, 6) is -1.34. The monoisotopic (exact) mass is 271 g/mol. The number of rotatable bonds is 9. The molecule has 0 aliphatic rings. The van der Waals surface area contributed by atoms with Crippen LogP contribution in [-0.2, 0) is 14.3 Å². The molecule has 1 atom stereocenters. The van der Waals surface area contributed by atoms with Crippen LogP contribution < -0.4 is 5.32 Å². The van der Waals surface area contributed by atoms with E-state index < -0.39 is 12.0 Å². The van der Waals surface area contributed by atoms with Crippen molar-refractivity contribution in [3.63, 3.8) is 0 Å². The zero-order chi connectivity index (χ0) is 14.9. The summed E-state index contributed by atoms with van der Waals surface area (Å²) in [6.07, 6.45) is 3.53. The van der Waals surface area contributed by atoms with Crippen molar-refractivity contribution in [3.05, 3.63) is 12.7 Å². The molecule has 0 aliphatic heterocycles. The highest BCUT2D eigenvalue weighted by molar-refractivity contribution is 5.83. The summed E-state index contributed by atoms with van der Waals surface area (Å²) < 4.78 is 5.05. The van der Waals surface area contributed by atoms with Gasteiger partial charge in [-0.2, -0.15) is 0 Å². The summed E-state index contributed by atoms with van der Waals surface area (Å²) in [6.45, 7) is 10.0. The highest BCUT2D eigenvalue weighted by atomic mass is 16.5. The molecule has 2 N–H and O–H groups in total. The normalized spacial score (nSPS) is 12.8. The Labute approximate surface area is 115 Å². The molecule has 0 bridgehead atoms. The van der Waals surface area contributed by atoms with E-state index in [0.29, 0.717) is 6.42 Å². The molecule has 0 radical (unpaired) electrons. The van der Waals surface area contributed by atoms with Crippen molar-refractivity contribution < 1.29 is 19.4 Å². The molecule has 0 aromatic rings. The Morgan fingerprint density at radius 2 is 2.05 bits per heavy atom. The summed E-state index contributed by atoms with van der Waals surface area (Å²) in [7, 11) is 0. The van der Waals surface area contributed by atoms with E-state index in [1.165, 1.54) is 6.08 Å². The first kappa shape index (κ1) is 17.6. The predicted molar refractivity (Wildman–Crippen MR) is 73.9 cm³/mol. The lowest BCUT2D eigenvalue weighted by molar-refractivity contribution is -0.143. The Bertz CT molecular complexity index is 307. The smallest absolute Gasteiger partial charge is 0.328 e. The van der Waals surface area contributed by atoms with E-state index in [1.807, 2.05) is 0 Å². The van der Waals surface area contributed by atoms with Crippen LogP contribution >= 0.6 is 0 Å². The van der Waals surface area contributed by atoms with Gasteiger partial charge in [0, 0.05) is 6.42 Å². The maximum Gasteiger partial charge on any atom is 0.328 e. The van der Waals surface area contributed by atoms with Gasteiger partial charge in [0.05, 0.1) is 13.2 Å². The van der Waals surface area contributed by atoms with Crippen molar-refractivity contribution >= 4 is 11.9 Å². The van der Waals surface area contributed by atoms with Gasteiger partial charge in [-0.15, -0.1) is 6.58 Å². The van der Waals surface area contributed by atoms with Crippen LogP contribution in [0.15, 0.2) is 12.7 Å². The quantitative estimate of drug-likeness (QED) is 0.496. The highest BCUT2D eigenvalue weighted by Gasteiger charge is 2.20. The molecule has 5 heteroatoms. The molecule has 110 valence electrons. The van der Waals surface area contributed by atoms with Gasteiger partial charge in [-0.1, -0.05) is 26.8 Å². The Morgan fingerprint density at radius 1 is 1.42 bits per heavy atom. The lowest BCUT2D eigenvalue weighted by Gasteiger charge is -2.18. The fraction of sp³-hybridized carbons (Fsp3) is 0.714. The summed E-state index contributed by atoms with van der Waals surface area (Å²) in [4.78, 5) is 22.6. The minimum atomic E-state index is -1.09. The van der Waals surface area contributed by atoms with Crippen molar-refractivity contribution in [2.75, 3.05) is 13.2 Å². The van der Waals surface area contributed by atoms with E-state index in [9.17, 15) is 9.59 Å². The fourth-order valence-electron chi connectivity index (χ4n) is 1.49. The third kappa shape index (κ3) is 10.3. The SMILES string of the molecule is C=CCOCC(NC(=O)CCCC(C)(C)C)C(=O)O. The Balaban J connectivity index is 4.03. The number of carbonyl (C=O) groups is 2. The Morgan fingerprint density at radius 3 is 2.53 bits per heavy atom. The number of ether oxygens (including phenoxy) is 1. The number of nitrogens with one attached hydrogen (secondary N) is 1. The lowest BCUT2D eigenvalue weighted by Crippen LogP contribution is -2.44. The number of amides is 1. The van der Waals surface area contributed by atoms with Crippen molar-refractivity contribution in [1.82, 2.24) is 5.32 Å². The first-order valence-corrected chi connectivity index (χ1v) is 6.47. The van der Waals surface area contributed by atoms with Gasteiger partial charge in [0.15, 0.2) is 6.04 Å². The number of carbonyl (C=O) groups excluding carboxylic acids is 1. The molecule has 0 aliphatic carbocycles. The second-order valence-corrected chi connectivity index (χ2v) is 5.70. The van der Waals surface area contributed by atoms with Crippen LogP contribution in [0.1, 0.15) is 40.0 Å². The van der Waals surface area contributed by atoms with Gasteiger partial charge in [0.1, 0.15) is 0 Å². The molecule has 0 fully saturated rings. The minimum absolute atomic E-state index is 0.0492.